The van der Waals surface area contributed by atoms with Crippen molar-refractivity contribution >= 4 is 23.4 Å². The maximum Gasteiger partial charge on any atom is 0.254 e. The first kappa shape index (κ1) is 18.5. The first-order valence-corrected chi connectivity index (χ1v) is 9.21. The summed E-state index contributed by atoms with van der Waals surface area (Å²) in [7, 11) is 0. The highest BCUT2D eigenvalue weighted by Gasteiger charge is 2.35. The lowest BCUT2D eigenvalue weighted by molar-refractivity contribution is -0.129. The van der Waals surface area contributed by atoms with Crippen molar-refractivity contribution in [3.8, 4) is 11.1 Å². The van der Waals surface area contributed by atoms with Crippen molar-refractivity contribution in [2.75, 3.05) is 13.1 Å². The molecule has 1 N–H and O–H groups in total. The number of nitrogens with zero attached hydrogens (tertiary/aromatic N) is 1. The molecule has 1 saturated heterocycles. The molecule has 5 heteroatoms. The molecule has 2 aromatic carbocycles. The van der Waals surface area contributed by atoms with Crippen molar-refractivity contribution in [3.05, 3.63) is 58.6 Å². The van der Waals surface area contributed by atoms with Crippen molar-refractivity contribution in [2.45, 2.75) is 26.8 Å². The van der Waals surface area contributed by atoms with Crippen molar-refractivity contribution in [1.82, 2.24) is 10.2 Å². The predicted molar refractivity (Wildman–Crippen MR) is 104 cm³/mol. The summed E-state index contributed by atoms with van der Waals surface area (Å²) < 4.78 is 0. The largest absolute Gasteiger partial charge is 0.353 e. The third kappa shape index (κ3) is 3.61. The molecule has 1 fully saturated rings. The number of halogens is 1. The van der Waals surface area contributed by atoms with Crippen molar-refractivity contribution in [2.24, 2.45) is 5.92 Å². The number of carbonyl (C=O) groups excluding carboxylic acids is 2. The van der Waals surface area contributed by atoms with Crippen LogP contribution in [0.25, 0.3) is 11.1 Å². The van der Waals surface area contributed by atoms with Crippen LogP contribution in [0.4, 0.5) is 0 Å². The lowest BCUT2D eigenvalue weighted by Gasteiger charge is -2.37. The Labute approximate surface area is 159 Å². The summed E-state index contributed by atoms with van der Waals surface area (Å²) in [6.45, 7) is 6.94. The smallest absolute Gasteiger partial charge is 0.254 e. The van der Waals surface area contributed by atoms with E-state index in [0.717, 1.165) is 16.7 Å². The summed E-state index contributed by atoms with van der Waals surface area (Å²) in [5.74, 6) is -0.128. The first-order chi connectivity index (χ1) is 12.4. The fraction of sp³-hybridized carbons (Fsp3) is 0.333. The number of hydrogen-bond donors (Lipinski definition) is 1. The topological polar surface area (TPSA) is 49.4 Å². The van der Waals surface area contributed by atoms with Gasteiger partial charge in [-0.25, -0.2) is 0 Å². The fourth-order valence-electron chi connectivity index (χ4n) is 3.51. The lowest BCUT2D eigenvalue weighted by Crippen LogP contribution is -2.59. The van der Waals surface area contributed by atoms with E-state index in [1.54, 1.807) is 11.0 Å². The van der Waals surface area contributed by atoms with Gasteiger partial charge in [0.05, 0.1) is 0 Å². The average Bonchev–Trinajstić information content (AvgIpc) is 2.60. The lowest BCUT2D eigenvalue weighted by atomic mass is 9.96. The molecule has 3 rings (SSSR count). The van der Waals surface area contributed by atoms with Gasteiger partial charge in [0.15, 0.2) is 0 Å². The molecule has 26 heavy (non-hydrogen) atoms. The van der Waals surface area contributed by atoms with E-state index in [2.05, 4.69) is 5.32 Å². The van der Waals surface area contributed by atoms with Gasteiger partial charge in [0, 0.05) is 23.7 Å². The molecule has 0 aromatic heterocycles. The number of nitrogens with one attached hydrogen (secondary N) is 1. The molecule has 1 heterocycles. The molecule has 0 unspecified atom stereocenters. The second kappa shape index (κ2) is 7.50. The number of rotatable bonds is 3. The maximum absolute atomic E-state index is 13.1. The number of amides is 2. The van der Waals surface area contributed by atoms with Crippen LogP contribution in [0.2, 0.25) is 5.02 Å². The van der Waals surface area contributed by atoms with Gasteiger partial charge in [-0.1, -0.05) is 43.6 Å². The Kier molecular flexibility index (Phi) is 5.33. The van der Waals surface area contributed by atoms with Crippen LogP contribution in [0.15, 0.2) is 42.5 Å². The zero-order valence-electron chi connectivity index (χ0n) is 15.3. The van der Waals surface area contributed by atoms with Gasteiger partial charge in [-0.2, -0.15) is 0 Å². The van der Waals surface area contributed by atoms with Crippen LogP contribution in [0, 0.1) is 12.8 Å². The van der Waals surface area contributed by atoms with Crippen molar-refractivity contribution in [3.63, 3.8) is 0 Å². The second-order valence-corrected chi connectivity index (χ2v) is 7.45. The SMILES string of the molecule is Cc1cc(Cl)ccc1-c1cccc(C(=O)N2CCNC(=O)[C@H]2C(C)C)c1. The molecular formula is C21H23ClN2O2. The normalized spacial score (nSPS) is 17.3. The predicted octanol–water partition coefficient (Wildman–Crippen LogP) is 3.91. The monoisotopic (exact) mass is 370 g/mol. The quantitative estimate of drug-likeness (QED) is 0.890. The number of hydrogen-bond acceptors (Lipinski definition) is 2. The van der Waals surface area contributed by atoms with Crippen molar-refractivity contribution in [1.29, 1.82) is 0 Å². The Morgan fingerprint density at radius 2 is 2.00 bits per heavy atom. The standard InChI is InChI=1S/C21H23ClN2O2/c1-13(2)19-20(25)23-9-10-24(19)21(26)16-6-4-5-15(12-16)18-8-7-17(22)11-14(18)3/h4-8,11-13,19H,9-10H2,1-3H3,(H,23,25)/t19-/m1/s1. The number of aryl methyl sites for hydroxylation is 1. The zero-order chi connectivity index (χ0) is 18.8. The van der Waals surface area contributed by atoms with E-state index in [-0.39, 0.29) is 17.7 Å². The highest BCUT2D eigenvalue weighted by Crippen LogP contribution is 2.27. The summed E-state index contributed by atoms with van der Waals surface area (Å²) in [5, 5.41) is 3.55. The fourth-order valence-corrected chi connectivity index (χ4v) is 3.74. The van der Waals surface area contributed by atoms with Gasteiger partial charge in [-0.15, -0.1) is 0 Å². The summed E-state index contributed by atoms with van der Waals surface area (Å²) in [4.78, 5) is 27.0. The minimum atomic E-state index is -0.433. The van der Waals surface area contributed by atoms with Gasteiger partial charge in [0.25, 0.3) is 5.91 Å². The van der Waals surface area contributed by atoms with Crippen LogP contribution < -0.4 is 5.32 Å². The van der Waals surface area contributed by atoms with Crippen molar-refractivity contribution < 1.29 is 9.59 Å². The van der Waals surface area contributed by atoms with Crippen LogP contribution in [-0.2, 0) is 4.79 Å². The molecule has 0 bridgehead atoms. The van der Waals surface area contributed by atoms with Gasteiger partial charge in [-0.05, 0) is 53.8 Å². The molecule has 4 nitrogen and oxygen atoms in total. The number of benzene rings is 2. The van der Waals surface area contributed by atoms with E-state index in [1.165, 1.54) is 0 Å². The summed E-state index contributed by atoms with van der Waals surface area (Å²) in [5.41, 5.74) is 3.66. The summed E-state index contributed by atoms with van der Waals surface area (Å²) in [6, 6.07) is 12.9. The van der Waals surface area contributed by atoms with Gasteiger partial charge in [0.1, 0.15) is 6.04 Å². The molecule has 0 radical (unpaired) electrons. The Balaban J connectivity index is 1.94. The average molecular weight is 371 g/mol. The number of carbonyl (C=O) groups is 2. The molecule has 1 atom stereocenters. The van der Waals surface area contributed by atoms with Gasteiger partial charge < -0.3 is 10.2 Å². The van der Waals surface area contributed by atoms with Crippen LogP contribution >= 0.6 is 11.6 Å². The van der Waals surface area contributed by atoms with E-state index in [0.29, 0.717) is 23.7 Å². The molecule has 136 valence electrons. The van der Waals surface area contributed by atoms with Crippen LogP contribution in [0.3, 0.4) is 0 Å². The molecule has 0 aliphatic carbocycles. The molecule has 0 spiro atoms. The van der Waals surface area contributed by atoms with Crippen LogP contribution in [-0.4, -0.2) is 35.8 Å². The second-order valence-electron chi connectivity index (χ2n) is 7.02. The third-order valence-electron chi connectivity index (χ3n) is 4.76. The van der Waals surface area contributed by atoms with E-state index < -0.39 is 6.04 Å². The Hall–Kier alpha value is -2.33. The van der Waals surface area contributed by atoms with Gasteiger partial charge in [-0.3, -0.25) is 9.59 Å². The number of piperazine rings is 1. The first-order valence-electron chi connectivity index (χ1n) is 8.83. The Morgan fingerprint density at radius 1 is 1.23 bits per heavy atom. The highest BCUT2D eigenvalue weighted by atomic mass is 35.5. The van der Waals surface area contributed by atoms with Gasteiger partial charge >= 0.3 is 0 Å². The minimum Gasteiger partial charge on any atom is -0.353 e. The highest BCUT2D eigenvalue weighted by molar-refractivity contribution is 6.30. The zero-order valence-corrected chi connectivity index (χ0v) is 16.0. The molecule has 0 saturated carbocycles. The third-order valence-corrected chi connectivity index (χ3v) is 4.99. The van der Waals surface area contributed by atoms with E-state index >= 15 is 0 Å². The van der Waals surface area contributed by atoms with Crippen LogP contribution in [0.5, 0.6) is 0 Å². The molecule has 1 aliphatic rings. The molecular weight excluding hydrogens is 348 g/mol. The minimum absolute atomic E-state index is 0.0564. The Morgan fingerprint density at radius 3 is 2.69 bits per heavy atom. The summed E-state index contributed by atoms with van der Waals surface area (Å²) in [6.07, 6.45) is 0. The van der Waals surface area contributed by atoms with Gasteiger partial charge in [0.2, 0.25) is 5.91 Å². The molecule has 2 amide bonds. The summed E-state index contributed by atoms with van der Waals surface area (Å²) >= 11 is 6.05. The maximum atomic E-state index is 13.1. The van der Waals surface area contributed by atoms with Crippen LogP contribution in [0.1, 0.15) is 29.8 Å². The van der Waals surface area contributed by atoms with E-state index in [9.17, 15) is 9.59 Å². The Bertz CT molecular complexity index is 848. The molecule has 2 aromatic rings. The van der Waals surface area contributed by atoms with E-state index in [1.807, 2.05) is 57.2 Å². The molecule has 1 aliphatic heterocycles. The van der Waals surface area contributed by atoms with E-state index in [4.69, 9.17) is 11.6 Å².